The Morgan fingerprint density at radius 1 is 1.00 bits per heavy atom. The molecule has 0 saturated heterocycles. The van der Waals surface area contributed by atoms with Crippen LogP contribution in [0.15, 0.2) is 0 Å². The van der Waals surface area contributed by atoms with Crippen LogP contribution in [-0.4, -0.2) is 19.0 Å². The van der Waals surface area contributed by atoms with E-state index in [2.05, 4.69) is 4.74 Å². The van der Waals surface area contributed by atoms with Crippen molar-refractivity contribution < 1.29 is 19.4 Å². The largest absolute Gasteiger partial charge is 0.468 e. The Morgan fingerprint density at radius 2 is 1.57 bits per heavy atom. The second-order valence-electron chi connectivity index (χ2n) is 3.21. The molecule has 0 heterocycles. The summed E-state index contributed by atoms with van der Waals surface area (Å²) in [6.07, 6.45) is 5.81. The highest BCUT2D eigenvalue weighted by Crippen LogP contribution is 2.07. The lowest BCUT2D eigenvalue weighted by molar-refractivity contribution is -0.143. The topological polar surface area (TPSA) is 63.3 Å². The zero-order chi connectivity index (χ0) is 10.6. The second-order valence-corrected chi connectivity index (χ2v) is 3.21. The molecule has 0 fully saturated rings. The van der Waals surface area contributed by atoms with Gasteiger partial charge in [-0.05, 0) is 12.8 Å². The molecule has 81 valence electrons. The summed E-state index contributed by atoms with van der Waals surface area (Å²) in [5.41, 5.74) is 0. The van der Waals surface area contributed by atoms with Gasteiger partial charge in [0.1, 0.15) is 0 Å². The van der Waals surface area contributed by atoms with Gasteiger partial charge in [-0.3, -0.25) is 4.79 Å². The molecule has 4 heteroatoms. The van der Waals surface area contributed by atoms with Crippen molar-refractivity contribution in [2.45, 2.75) is 44.9 Å². The molecule has 4 nitrogen and oxygen atoms in total. The molecule has 0 rings (SSSR count). The Hall–Kier alpha value is -1.06. The van der Waals surface area contributed by atoms with Crippen LogP contribution in [0.1, 0.15) is 44.9 Å². The van der Waals surface area contributed by atoms with Crippen molar-refractivity contribution in [3.05, 3.63) is 0 Å². The fourth-order valence-electron chi connectivity index (χ4n) is 1.21. The molecule has 0 atom stereocenters. The molecule has 0 aromatic rings. The minimum Gasteiger partial charge on any atom is -0.468 e. The molecule has 0 aliphatic heterocycles. The van der Waals surface area contributed by atoms with E-state index in [0.29, 0.717) is 19.5 Å². The van der Waals surface area contributed by atoms with Gasteiger partial charge in [0, 0.05) is 0 Å². The Balaban J connectivity index is 2.92. The summed E-state index contributed by atoms with van der Waals surface area (Å²) in [6, 6.07) is 0. The number of ether oxygens (including phenoxy) is 1. The van der Waals surface area contributed by atoms with Crippen LogP contribution in [0.3, 0.4) is 0 Å². The molecule has 0 spiro atoms. The maximum absolute atomic E-state index is 10.0. The molecule has 0 N–H and O–H groups in total. The lowest BCUT2D eigenvalue weighted by Crippen LogP contribution is -1.93. The monoisotopic (exact) mass is 201 g/mol. The van der Waals surface area contributed by atoms with Gasteiger partial charge in [-0.15, -0.1) is 0 Å². The lowest BCUT2D eigenvalue weighted by atomic mass is 10.1. The van der Waals surface area contributed by atoms with Gasteiger partial charge in [0.25, 0.3) is 6.47 Å². The summed E-state index contributed by atoms with van der Waals surface area (Å²) in [6.45, 7) is 0.947. The summed E-state index contributed by atoms with van der Waals surface area (Å²) >= 11 is 0. The minimum atomic E-state index is -0.968. The third-order valence-electron chi connectivity index (χ3n) is 1.96. The van der Waals surface area contributed by atoms with Crippen molar-refractivity contribution in [2.75, 3.05) is 6.61 Å². The summed E-state index contributed by atoms with van der Waals surface area (Å²) in [7, 11) is 0. The number of unbranched alkanes of at least 4 members (excludes halogenated alkanes) is 5. The average molecular weight is 201 g/mol. The van der Waals surface area contributed by atoms with Crippen molar-refractivity contribution in [2.24, 2.45) is 0 Å². The van der Waals surface area contributed by atoms with E-state index in [1.54, 1.807) is 0 Å². The van der Waals surface area contributed by atoms with Gasteiger partial charge in [-0.2, -0.15) is 0 Å². The zero-order valence-electron chi connectivity index (χ0n) is 8.37. The molecule has 0 unspecified atom stereocenters. The fourth-order valence-corrected chi connectivity index (χ4v) is 1.21. The van der Waals surface area contributed by atoms with Crippen LogP contribution in [0.25, 0.3) is 0 Å². The van der Waals surface area contributed by atoms with Crippen LogP contribution < -0.4 is 0 Å². The number of hydrogen-bond donors (Lipinski definition) is 0. The quantitative estimate of drug-likeness (QED) is 0.400. The van der Waals surface area contributed by atoms with E-state index in [-0.39, 0.29) is 6.42 Å². The van der Waals surface area contributed by atoms with E-state index < -0.39 is 5.97 Å². The van der Waals surface area contributed by atoms with Gasteiger partial charge in [-0.25, -0.2) is 9.90 Å². The van der Waals surface area contributed by atoms with E-state index in [0.717, 1.165) is 32.1 Å². The first kappa shape index (κ1) is 12.9. The molecule has 0 aliphatic rings. The molecule has 0 amide bonds. The van der Waals surface area contributed by atoms with Gasteiger partial charge in [0.2, 0.25) is 0 Å². The summed E-state index contributed by atoms with van der Waals surface area (Å²) in [5, 5.41) is 10.0. The lowest BCUT2D eigenvalue weighted by Gasteiger charge is -1.99. The van der Waals surface area contributed by atoms with Gasteiger partial charge in [-0.1, -0.05) is 25.7 Å². The number of hydrogen-bond acceptors (Lipinski definition) is 3. The number of carbonyl (C=O) groups is 2. The van der Waals surface area contributed by atoms with Gasteiger partial charge in [0.15, 0.2) is 0 Å². The highest BCUT2D eigenvalue weighted by atomic mass is 16.5. The van der Waals surface area contributed by atoms with Gasteiger partial charge >= 0.3 is 5.97 Å². The summed E-state index contributed by atoms with van der Waals surface area (Å²) in [4.78, 5) is 19.8. The van der Waals surface area contributed by atoms with E-state index in [9.17, 15) is 14.7 Å². The third kappa shape index (κ3) is 10.9. The average Bonchev–Trinajstić information content (AvgIpc) is 2.15. The van der Waals surface area contributed by atoms with E-state index in [1.165, 1.54) is 0 Å². The molecule has 0 saturated carbocycles. The summed E-state index contributed by atoms with van der Waals surface area (Å²) in [5.74, 6) is -0.968. The van der Waals surface area contributed by atoms with Crippen molar-refractivity contribution in [3.63, 3.8) is 0 Å². The van der Waals surface area contributed by atoms with Crippen molar-refractivity contribution in [1.29, 1.82) is 0 Å². The predicted octanol–water partition coefficient (Wildman–Crippen LogP) is 1.85. The molecule has 14 heavy (non-hydrogen) atoms. The molecule has 0 bridgehead atoms. The Bertz CT molecular complexity index is 156. The number of carbonyl (C=O) groups excluding carboxylic acids is 2. The molecule has 0 aromatic heterocycles. The molecular formula is C10H17O4. The Morgan fingerprint density at radius 3 is 2.14 bits per heavy atom. The summed E-state index contributed by atoms with van der Waals surface area (Å²) < 4.78 is 4.53. The smallest absolute Gasteiger partial charge is 0.355 e. The highest BCUT2D eigenvalue weighted by molar-refractivity contribution is 5.66. The first-order valence-electron chi connectivity index (χ1n) is 5.02. The highest BCUT2D eigenvalue weighted by Gasteiger charge is 1.98. The first-order valence-corrected chi connectivity index (χ1v) is 5.02. The maximum Gasteiger partial charge on any atom is 0.355 e. The van der Waals surface area contributed by atoms with E-state index >= 15 is 0 Å². The Labute approximate surface area is 84.3 Å². The molecule has 0 aliphatic carbocycles. The maximum atomic E-state index is 10.0. The van der Waals surface area contributed by atoms with E-state index in [4.69, 9.17) is 0 Å². The Kier molecular flexibility index (Phi) is 9.26. The van der Waals surface area contributed by atoms with Crippen molar-refractivity contribution in [3.8, 4) is 0 Å². The van der Waals surface area contributed by atoms with Crippen LogP contribution in [-0.2, 0) is 19.4 Å². The molecular weight excluding hydrogens is 184 g/mol. The van der Waals surface area contributed by atoms with Crippen LogP contribution in [0, 0.1) is 0 Å². The molecule has 0 aromatic carbocycles. The van der Waals surface area contributed by atoms with E-state index in [1.807, 2.05) is 0 Å². The zero-order valence-corrected chi connectivity index (χ0v) is 8.37. The van der Waals surface area contributed by atoms with Crippen molar-refractivity contribution in [1.82, 2.24) is 0 Å². The number of rotatable bonds is 10. The van der Waals surface area contributed by atoms with Gasteiger partial charge in [0.05, 0.1) is 13.0 Å². The third-order valence-corrected chi connectivity index (χ3v) is 1.96. The van der Waals surface area contributed by atoms with Crippen LogP contribution in [0.4, 0.5) is 0 Å². The fraction of sp³-hybridized carbons (Fsp3) is 0.800. The van der Waals surface area contributed by atoms with Crippen LogP contribution in [0.5, 0.6) is 0 Å². The van der Waals surface area contributed by atoms with Gasteiger partial charge < -0.3 is 4.74 Å². The molecule has 1 radical (unpaired) electrons. The normalized spacial score (nSPS) is 9.71. The standard InChI is InChI=1S/C10H17O4/c11-9-14-8-6-4-2-1-3-5-7-10(12)13/h9H,1-8H2. The van der Waals surface area contributed by atoms with Crippen LogP contribution in [0.2, 0.25) is 0 Å². The minimum absolute atomic E-state index is 0.161. The SMILES string of the molecule is [O]C(=O)CCCCCCCCOC=O. The first-order chi connectivity index (χ1) is 6.77. The van der Waals surface area contributed by atoms with Crippen LogP contribution >= 0.6 is 0 Å². The van der Waals surface area contributed by atoms with Crippen molar-refractivity contribution >= 4 is 12.4 Å². The second kappa shape index (κ2) is 10.0. The predicted molar refractivity (Wildman–Crippen MR) is 50.0 cm³/mol.